The molecule has 2 aromatic rings. The topological polar surface area (TPSA) is 37.3 Å². The maximum absolute atomic E-state index is 11.2. The molecule has 0 atom stereocenters. The molecule has 2 nitrogen and oxygen atoms in total. The largest absolute Gasteiger partial charge is 0.478 e. The van der Waals surface area contributed by atoms with Gasteiger partial charge in [-0.25, -0.2) is 4.79 Å². The molecule has 20 heavy (non-hydrogen) atoms. The number of carboxylic acids is 1. The Labute approximate surface area is 127 Å². The van der Waals surface area contributed by atoms with Gasteiger partial charge in [0.15, 0.2) is 0 Å². The number of aromatic carboxylic acids is 1. The lowest BCUT2D eigenvalue weighted by Crippen LogP contribution is -1.98. The standard InChI is InChI=1S/C17H17BrO2/c1-3-11-5-6-13(9-12(11)4-2)14-7-8-16(18)15(10-14)17(19)20/h5-10H,3-4H2,1-2H3,(H,19,20). The van der Waals surface area contributed by atoms with E-state index >= 15 is 0 Å². The van der Waals surface area contributed by atoms with E-state index in [-0.39, 0.29) is 0 Å². The van der Waals surface area contributed by atoms with Crippen molar-refractivity contribution in [2.75, 3.05) is 0 Å². The molecule has 0 fully saturated rings. The van der Waals surface area contributed by atoms with Gasteiger partial charge in [-0.15, -0.1) is 0 Å². The lowest BCUT2D eigenvalue weighted by atomic mass is 9.96. The van der Waals surface area contributed by atoms with E-state index in [9.17, 15) is 9.90 Å². The van der Waals surface area contributed by atoms with Crippen LogP contribution in [0.15, 0.2) is 40.9 Å². The van der Waals surface area contributed by atoms with Crippen molar-refractivity contribution in [2.24, 2.45) is 0 Å². The second-order valence-electron chi connectivity index (χ2n) is 4.69. The summed E-state index contributed by atoms with van der Waals surface area (Å²) in [5, 5.41) is 9.19. The summed E-state index contributed by atoms with van der Waals surface area (Å²) in [4.78, 5) is 11.2. The van der Waals surface area contributed by atoms with Crippen molar-refractivity contribution in [3.8, 4) is 11.1 Å². The molecular weight excluding hydrogens is 316 g/mol. The van der Waals surface area contributed by atoms with E-state index in [0.717, 1.165) is 24.0 Å². The van der Waals surface area contributed by atoms with Crippen LogP contribution in [0.4, 0.5) is 0 Å². The average Bonchev–Trinajstić information content (AvgIpc) is 2.46. The van der Waals surface area contributed by atoms with E-state index in [1.54, 1.807) is 12.1 Å². The molecule has 0 aromatic heterocycles. The third-order valence-electron chi connectivity index (χ3n) is 3.50. The Balaban J connectivity index is 2.51. The van der Waals surface area contributed by atoms with E-state index in [2.05, 4.69) is 48.0 Å². The molecule has 0 bridgehead atoms. The van der Waals surface area contributed by atoms with Crippen molar-refractivity contribution < 1.29 is 9.90 Å². The van der Waals surface area contributed by atoms with Gasteiger partial charge in [0.1, 0.15) is 0 Å². The number of carboxylic acid groups (broad SMARTS) is 1. The van der Waals surface area contributed by atoms with Gasteiger partial charge in [0, 0.05) is 4.47 Å². The zero-order valence-electron chi connectivity index (χ0n) is 11.6. The molecule has 1 N–H and O–H groups in total. The molecule has 2 rings (SSSR count). The Hall–Kier alpha value is -1.61. The molecule has 0 aliphatic heterocycles. The number of rotatable bonds is 4. The van der Waals surface area contributed by atoms with E-state index in [4.69, 9.17) is 0 Å². The third-order valence-corrected chi connectivity index (χ3v) is 4.19. The fourth-order valence-electron chi connectivity index (χ4n) is 2.35. The van der Waals surface area contributed by atoms with E-state index in [1.807, 2.05) is 6.07 Å². The first-order chi connectivity index (χ1) is 9.56. The first-order valence-corrected chi connectivity index (χ1v) is 7.51. The fourth-order valence-corrected chi connectivity index (χ4v) is 2.76. The number of hydrogen-bond donors (Lipinski definition) is 1. The zero-order chi connectivity index (χ0) is 14.7. The Morgan fingerprint density at radius 1 is 1.00 bits per heavy atom. The van der Waals surface area contributed by atoms with Crippen LogP contribution < -0.4 is 0 Å². The quantitative estimate of drug-likeness (QED) is 0.860. The highest BCUT2D eigenvalue weighted by Crippen LogP contribution is 2.27. The molecule has 0 aliphatic rings. The maximum Gasteiger partial charge on any atom is 0.336 e. The molecule has 0 saturated heterocycles. The van der Waals surface area contributed by atoms with Gasteiger partial charge in [0.25, 0.3) is 0 Å². The monoisotopic (exact) mass is 332 g/mol. The van der Waals surface area contributed by atoms with E-state index in [0.29, 0.717) is 10.0 Å². The van der Waals surface area contributed by atoms with Gasteiger partial charge in [0.2, 0.25) is 0 Å². The molecule has 0 radical (unpaired) electrons. The first-order valence-electron chi connectivity index (χ1n) is 6.71. The van der Waals surface area contributed by atoms with Crippen molar-refractivity contribution in [2.45, 2.75) is 26.7 Å². The predicted molar refractivity (Wildman–Crippen MR) is 85.3 cm³/mol. The summed E-state index contributed by atoms with van der Waals surface area (Å²) in [6.07, 6.45) is 2.00. The van der Waals surface area contributed by atoms with Crippen LogP contribution in [0.3, 0.4) is 0 Å². The SMILES string of the molecule is CCc1ccc(-c2ccc(Br)c(C(=O)O)c2)cc1CC. The average molecular weight is 333 g/mol. The summed E-state index contributed by atoms with van der Waals surface area (Å²) < 4.78 is 0.606. The minimum Gasteiger partial charge on any atom is -0.478 e. The number of carbonyl (C=O) groups is 1. The van der Waals surface area contributed by atoms with Crippen LogP contribution in [0, 0.1) is 0 Å². The highest BCUT2D eigenvalue weighted by atomic mass is 79.9. The highest BCUT2D eigenvalue weighted by molar-refractivity contribution is 9.10. The summed E-state index contributed by atoms with van der Waals surface area (Å²) in [5.41, 5.74) is 4.97. The zero-order valence-corrected chi connectivity index (χ0v) is 13.2. The minimum atomic E-state index is -0.917. The minimum absolute atomic E-state index is 0.292. The van der Waals surface area contributed by atoms with E-state index in [1.165, 1.54) is 11.1 Å². The number of hydrogen-bond acceptors (Lipinski definition) is 1. The molecule has 0 aliphatic carbocycles. The molecule has 0 amide bonds. The molecular formula is C17H17BrO2. The molecule has 0 unspecified atom stereocenters. The van der Waals surface area contributed by atoms with Gasteiger partial charge in [-0.3, -0.25) is 0 Å². The van der Waals surface area contributed by atoms with Crippen LogP contribution in [0.2, 0.25) is 0 Å². The van der Waals surface area contributed by atoms with Crippen LogP contribution in [-0.2, 0) is 12.8 Å². The number of benzene rings is 2. The van der Waals surface area contributed by atoms with Crippen molar-refractivity contribution in [3.05, 3.63) is 57.6 Å². The van der Waals surface area contributed by atoms with Crippen LogP contribution in [0.1, 0.15) is 35.3 Å². The molecule has 0 heterocycles. The van der Waals surface area contributed by atoms with Crippen LogP contribution in [-0.4, -0.2) is 11.1 Å². The van der Waals surface area contributed by atoms with E-state index < -0.39 is 5.97 Å². The summed E-state index contributed by atoms with van der Waals surface area (Å²) in [7, 11) is 0. The Bertz CT molecular complexity index is 647. The normalized spacial score (nSPS) is 10.6. The van der Waals surface area contributed by atoms with Gasteiger partial charge in [-0.2, -0.15) is 0 Å². The third kappa shape index (κ3) is 2.93. The highest BCUT2D eigenvalue weighted by Gasteiger charge is 2.10. The molecule has 104 valence electrons. The molecule has 0 spiro atoms. The van der Waals surface area contributed by atoms with Gasteiger partial charge < -0.3 is 5.11 Å². The van der Waals surface area contributed by atoms with Crippen LogP contribution >= 0.6 is 15.9 Å². The van der Waals surface area contributed by atoms with Crippen molar-refractivity contribution >= 4 is 21.9 Å². The Kier molecular flexibility index (Phi) is 4.61. The molecule has 0 saturated carbocycles. The lowest BCUT2D eigenvalue weighted by molar-refractivity contribution is 0.0696. The number of aryl methyl sites for hydroxylation is 2. The fraction of sp³-hybridized carbons (Fsp3) is 0.235. The van der Waals surface area contributed by atoms with Gasteiger partial charge >= 0.3 is 5.97 Å². The Morgan fingerprint density at radius 2 is 1.60 bits per heavy atom. The smallest absolute Gasteiger partial charge is 0.336 e. The van der Waals surface area contributed by atoms with Crippen molar-refractivity contribution in [1.29, 1.82) is 0 Å². The van der Waals surface area contributed by atoms with Crippen molar-refractivity contribution in [3.63, 3.8) is 0 Å². The molecule has 2 aromatic carbocycles. The second kappa shape index (κ2) is 6.23. The predicted octanol–water partition coefficient (Wildman–Crippen LogP) is 4.94. The number of halogens is 1. The molecule has 3 heteroatoms. The summed E-state index contributed by atoms with van der Waals surface area (Å²) in [6, 6.07) is 11.8. The summed E-state index contributed by atoms with van der Waals surface area (Å²) >= 11 is 3.27. The maximum atomic E-state index is 11.2. The van der Waals surface area contributed by atoms with Gasteiger partial charge in [0.05, 0.1) is 5.56 Å². The van der Waals surface area contributed by atoms with Crippen molar-refractivity contribution in [1.82, 2.24) is 0 Å². The summed E-state index contributed by atoms with van der Waals surface area (Å²) in [6.45, 7) is 4.29. The van der Waals surface area contributed by atoms with Gasteiger partial charge in [-0.05, 0) is 63.2 Å². The van der Waals surface area contributed by atoms with Crippen LogP contribution in [0.25, 0.3) is 11.1 Å². The first kappa shape index (κ1) is 14.8. The summed E-state index contributed by atoms with van der Waals surface area (Å²) in [5.74, 6) is -0.917. The van der Waals surface area contributed by atoms with Crippen LogP contribution in [0.5, 0.6) is 0 Å². The van der Waals surface area contributed by atoms with Gasteiger partial charge in [-0.1, -0.05) is 38.1 Å². The lowest BCUT2D eigenvalue weighted by Gasteiger charge is -2.10. The second-order valence-corrected chi connectivity index (χ2v) is 5.54. The Morgan fingerprint density at radius 3 is 2.20 bits per heavy atom.